The van der Waals surface area contributed by atoms with Crippen LogP contribution in [0.4, 0.5) is 0 Å². The molecule has 136 valence electrons. The Balaban J connectivity index is 2.42. The monoisotopic (exact) mass is 386 g/mol. The summed E-state index contributed by atoms with van der Waals surface area (Å²) in [4.78, 5) is 12.5. The molecule has 1 aromatic rings. The van der Waals surface area contributed by atoms with Gasteiger partial charge in [-0.1, -0.05) is 11.6 Å². The first-order valence-electron chi connectivity index (χ1n) is 7.39. The number of rotatable bonds is 6. The van der Waals surface area contributed by atoms with Gasteiger partial charge in [-0.25, -0.2) is 4.79 Å². The molecule has 1 atom stereocenters. The lowest BCUT2D eigenvalue weighted by atomic mass is 9.95. The number of hydrogen-bond acceptors (Lipinski definition) is 6. The molecule has 1 aromatic carbocycles. The Morgan fingerprint density at radius 3 is 2.72 bits per heavy atom. The van der Waals surface area contributed by atoms with Crippen LogP contribution in [0.1, 0.15) is 18.5 Å². The molecule has 0 fully saturated rings. The summed E-state index contributed by atoms with van der Waals surface area (Å²) in [6.07, 6.45) is 0. The highest BCUT2D eigenvalue weighted by Gasteiger charge is 2.32. The van der Waals surface area contributed by atoms with Crippen molar-refractivity contribution in [2.24, 2.45) is 0 Å². The third-order valence-electron chi connectivity index (χ3n) is 3.61. The van der Waals surface area contributed by atoms with Crippen LogP contribution in [0.3, 0.4) is 0 Å². The SMILES string of the molecule is COCCOC(=O)C1=C(C)NC(=S)N[C@@H]1c1cc(Cl)c(O)c(OC)c1. The second kappa shape index (κ2) is 8.37. The number of esters is 1. The van der Waals surface area contributed by atoms with Crippen LogP contribution in [0.2, 0.25) is 5.02 Å². The molecule has 0 aromatic heterocycles. The normalized spacial score (nSPS) is 17.0. The first kappa shape index (κ1) is 19.3. The van der Waals surface area contributed by atoms with E-state index in [0.29, 0.717) is 28.6 Å². The molecule has 1 aliphatic rings. The van der Waals surface area contributed by atoms with Crippen molar-refractivity contribution in [3.05, 3.63) is 34.0 Å². The molecule has 0 amide bonds. The third kappa shape index (κ3) is 4.33. The molecule has 1 aliphatic heterocycles. The second-order valence-corrected chi connectivity index (χ2v) is 6.07. The lowest BCUT2D eigenvalue weighted by molar-refractivity contribution is -0.140. The number of methoxy groups -OCH3 is 2. The number of ether oxygens (including phenoxy) is 3. The predicted octanol–water partition coefficient (Wildman–Crippen LogP) is 2.04. The Morgan fingerprint density at radius 2 is 2.08 bits per heavy atom. The standard InChI is InChI=1S/C16H19ClN2O5S/c1-8-12(15(21)24-5-4-22-2)13(19-16(25)18-8)9-6-10(17)14(20)11(7-9)23-3/h6-7,13,20H,4-5H2,1-3H3,(H2,18,19,25)/t13-/m1/s1. The molecule has 3 N–H and O–H groups in total. The number of carbonyl (C=O) groups excluding carboxylic acids is 1. The van der Waals surface area contributed by atoms with Gasteiger partial charge in [0, 0.05) is 12.8 Å². The smallest absolute Gasteiger partial charge is 0.338 e. The van der Waals surface area contributed by atoms with Gasteiger partial charge in [0.05, 0.1) is 30.4 Å². The molecule has 7 nitrogen and oxygen atoms in total. The number of allylic oxidation sites excluding steroid dienone is 1. The highest BCUT2D eigenvalue weighted by molar-refractivity contribution is 7.80. The molecule has 0 radical (unpaired) electrons. The zero-order valence-electron chi connectivity index (χ0n) is 14.0. The number of phenols is 1. The minimum atomic E-state index is -0.601. The molecule has 1 heterocycles. The van der Waals surface area contributed by atoms with E-state index in [0.717, 1.165) is 0 Å². The van der Waals surface area contributed by atoms with Gasteiger partial charge >= 0.3 is 5.97 Å². The Hall–Kier alpha value is -2.03. The molecule has 0 aliphatic carbocycles. The summed E-state index contributed by atoms with van der Waals surface area (Å²) in [6, 6.07) is 2.53. The summed E-state index contributed by atoms with van der Waals surface area (Å²) in [5, 5.41) is 16.3. The quantitative estimate of drug-likeness (QED) is 0.389. The van der Waals surface area contributed by atoms with Crippen molar-refractivity contribution in [1.29, 1.82) is 0 Å². The number of halogens is 1. The fraction of sp³-hybridized carbons (Fsp3) is 0.375. The number of nitrogens with one attached hydrogen (secondary N) is 2. The van der Waals surface area contributed by atoms with Gasteiger partial charge in [0.1, 0.15) is 6.61 Å². The highest BCUT2D eigenvalue weighted by Crippen LogP contribution is 2.39. The van der Waals surface area contributed by atoms with E-state index in [2.05, 4.69) is 10.6 Å². The van der Waals surface area contributed by atoms with Crippen LogP contribution in [0, 0.1) is 0 Å². The van der Waals surface area contributed by atoms with Crippen LogP contribution in [-0.4, -0.2) is 43.6 Å². The summed E-state index contributed by atoms with van der Waals surface area (Å²) in [7, 11) is 2.94. The highest BCUT2D eigenvalue weighted by atomic mass is 35.5. The summed E-state index contributed by atoms with van der Waals surface area (Å²) in [5.74, 6) is -0.488. The van der Waals surface area contributed by atoms with Gasteiger partial charge in [-0.3, -0.25) is 0 Å². The summed E-state index contributed by atoms with van der Waals surface area (Å²) >= 11 is 11.2. The van der Waals surface area contributed by atoms with Crippen LogP contribution in [0.15, 0.2) is 23.4 Å². The first-order valence-corrected chi connectivity index (χ1v) is 8.18. The number of hydrogen-bond donors (Lipinski definition) is 3. The minimum Gasteiger partial charge on any atom is -0.503 e. The Bertz CT molecular complexity index is 723. The average molecular weight is 387 g/mol. The molecule has 0 bridgehead atoms. The van der Waals surface area contributed by atoms with Crippen molar-refractivity contribution in [3.8, 4) is 11.5 Å². The van der Waals surface area contributed by atoms with Gasteiger partial charge < -0.3 is 30.0 Å². The van der Waals surface area contributed by atoms with E-state index in [4.69, 9.17) is 38.0 Å². The van der Waals surface area contributed by atoms with Crippen molar-refractivity contribution in [2.75, 3.05) is 27.4 Å². The van der Waals surface area contributed by atoms with E-state index in [1.54, 1.807) is 19.1 Å². The van der Waals surface area contributed by atoms with Crippen molar-refractivity contribution in [3.63, 3.8) is 0 Å². The molecule has 0 unspecified atom stereocenters. The van der Waals surface area contributed by atoms with Gasteiger partial charge in [0.15, 0.2) is 16.6 Å². The minimum absolute atomic E-state index is 0.102. The summed E-state index contributed by atoms with van der Waals surface area (Å²) < 4.78 is 15.2. The van der Waals surface area contributed by atoms with Crippen LogP contribution >= 0.6 is 23.8 Å². The molecular formula is C16H19ClN2O5S. The Kier molecular flexibility index (Phi) is 6.46. The van der Waals surface area contributed by atoms with Gasteiger partial charge in [-0.2, -0.15) is 0 Å². The molecule has 0 saturated heterocycles. The van der Waals surface area contributed by atoms with Gasteiger partial charge in [0.2, 0.25) is 0 Å². The average Bonchev–Trinajstić information content (AvgIpc) is 2.56. The van der Waals surface area contributed by atoms with Crippen LogP contribution in [0.25, 0.3) is 0 Å². The largest absolute Gasteiger partial charge is 0.503 e. The van der Waals surface area contributed by atoms with Crippen molar-refractivity contribution in [2.45, 2.75) is 13.0 Å². The maximum atomic E-state index is 12.5. The lowest BCUT2D eigenvalue weighted by Gasteiger charge is -2.30. The molecule has 25 heavy (non-hydrogen) atoms. The number of carbonyl (C=O) groups is 1. The summed E-state index contributed by atoms with van der Waals surface area (Å²) in [5.41, 5.74) is 1.52. The third-order valence-corrected chi connectivity index (χ3v) is 4.12. The fourth-order valence-electron chi connectivity index (χ4n) is 2.43. The van der Waals surface area contributed by atoms with Crippen molar-refractivity contribution < 1.29 is 24.1 Å². The van der Waals surface area contributed by atoms with Crippen LogP contribution < -0.4 is 15.4 Å². The maximum Gasteiger partial charge on any atom is 0.338 e. The number of phenolic OH excluding ortho intramolecular Hbond substituents is 1. The lowest BCUT2D eigenvalue weighted by Crippen LogP contribution is -2.45. The number of aromatic hydroxyl groups is 1. The first-order chi connectivity index (χ1) is 11.9. The second-order valence-electron chi connectivity index (χ2n) is 5.25. The van der Waals surface area contributed by atoms with Gasteiger partial charge in [0.25, 0.3) is 0 Å². The van der Waals surface area contributed by atoms with Gasteiger partial charge in [-0.05, 0) is 36.8 Å². The molecule has 0 saturated carbocycles. The van der Waals surface area contributed by atoms with Gasteiger partial charge in [-0.15, -0.1) is 0 Å². The van der Waals surface area contributed by atoms with E-state index in [1.165, 1.54) is 14.2 Å². The Labute approximate surface area is 155 Å². The van der Waals surface area contributed by atoms with E-state index in [-0.39, 0.29) is 23.1 Å². The number of thiocarbonyl (C=S) groups is 1. The molecular weight excluding hydrogens is 368 g/mol. The van der Waals surface area contributed by atoms with E-state index < -0.39 is 12.0 Å². The molecule has 0 spiro atoms. The molecule has 2 rings (SSSR count). The van der Waals surface area contributed by atoms with Crippen molar-refractivity contribution >= 4 is 34.9 Å². The maximum absolute atomic E-state index is 12.5. The Morgan fingerprint density at radius 1 is 1.36 bits per heavy atom. The zero-order chi connectivity index (χ0) is 18.6. The summed E-state index contributed by atoms with van der Waals surface area (Å²) in [6.45, 7) is 2.15. The predicted molar refractivity (Wildman–Crippen MR) is 96.8 cm³/mol. The van der Waals surface area contributed by atoms with E-state index >= 15 is 0 Å². The topological polar surface area (TPSA) is 89.1 Å². The van der Waals surface area contributed by atoms with Crippen LogP contribution in [0.5, 0.6) is 11.5 Å². The zero-order valence-corrected chi connectivity index (χ0v) is 15.6. The fourth-order valence-corrected chi connectivity index (χ4v) is 2.92. The van der Waals surface area contributed by atoms with Crippen molar-refractivity contribution in [1.82, 2.24) is 10.6 Å². The molecule has 9 heteroatoms. The number of benzene rings is 1. The van der Waals surface area contributed by atoms with Crippen LogP contribution in [-0.2, 0) is 14.3 Å². The van der Waals surface area contributed by atoms with E-state index in [9.17, 15) is 9.90 Å². The van der Waals surface area contributed by atoms with E-state index in [1.807, 2.05) is 0 Å².